The number of aryl methyl sites for hydroxylation is 2. The number of carbonyl (C=O) groups is 1. The van der Waals surface area contributed by atoms with Crippen LogP contribution in [-0.4, -0.2) is 34.2 Å². The SMILES string of the molecule is CNC(C)C(=O)Nc1nnc(C)c(C)n1. The number of likely N-dealkylation sites (N-methyl/N-ethyl adjacent to an activating group) is 1. The number of aromatic nitrogens is 3. The summed E-state index contributed by atoms with van der Waals surface area (Å²) < 4.78 is 0. The predicted molar refractivity (Wildman–Crippen MR) is 56.5 cm³/mol. The monoisotopic (exact) mass is 209 g/mol. The zero-order valence-electron chi connectivity index (χ0n) is 9.33. The Morgan fingerprint density at radius 1 is 1.27 bits per heavy atom. The van der Waals surface area contributed by atoms with E-state index in [-0.39, 0.29) is 17.9 Å². The van der Waals surface area contributed by atoms with Gasteiger partial charge in [-0.25, -0.2) is 4.98 Å². The molecule has 6 nitrogen and oxygen atoms in total. The molecule has 15 heavy (non-hydrogen) atoms. The summed E-state index contributed by atoms with van der Waals surface area (Å²) >= 11 is 0. The van der Waals surface area contributed by atoms with Crippen LogP contribution in [-0.2, 0) is 4.79 Å². The summed E-state index contributed by atoms with van der Waals surface area (Å²) in [7, 11) is 1.71. The Morgan fingerprint density at radius 2 is 1.93 bits per heavy atom. The van der Waals surface area contributed by atoms with E-state index < -0.39 is 0 Å². The van der Waals surface area contributed by atoms with Gasteiger partial charge >= 0.3 is 0 Å². The van der Waals surface area contributed by atoms with E-state index in [9.17, 15) is 4.79 Å². The molecule has 0 spiro atoms. The van der Waals surface area contributed by atoms with Gasteiger partial charge in [0.15, 0.2) is 0 Å². The van der Waals surface area contributed by atoms with Crippen molar-refractivity contribution < 1.29 is 4.79 Å². The summed E-state index contributed by atoms with van der Waals surface area (Å²) in [6, 6.07) is -0.282. The van der Waals surface area contributed by atoms with Gasteiger partial charge in [-0.3, -0.25) is 10.1 Å². The minimum atomic E-state index is -0.282. The lowest BCUT2D eigenvalue weighted by Gasteiger charge is -2.09. The highest BCUT2D eigenvalue weighted by atomic mass is 16.2. The molecule has 0 saturated heterocycles. The molecule has 0 radical (unpaired) electrons. The second-order valence-electron chi connectivity index (χ2n) is 3.31. The van der Waals surface area contributed by atoms with Gasteiger partial charge in [-0.15, -0.1) is 5.10 Å². The summed E-state index contributed by atoms with van der Waals surface area (Å²) in [5.74, 6) is 0.0627. The van der Waals surface area contributed by atoms with E-state index in [1.807, 2.05) is 13.8 Å². The standard InChI is InChI=1S/C9H15N5O/c1-5-6(2)13-14-9(11-5)12-8(15)7(3)10-4/h7,10H,1-4H3,(H,11,12,14,15). The summed E-state index contributed by atoms with van der Waals surface area (Å²) in [4.78, 5) is 15.6. The first-order valence-electron chi connectivity index (χ1n) is 4.70. The highest BCUT2D eigenvalue weighted by Crippen LogP contribution is 2.02. The Hall–Kier alpha value is -1.56. The molecule has 0 aliphatic heterocycles. The smallest absolute Gasteiger partial charge is 0.249 e. The van der Waals surface area contributed by atoms with Gasteiger partial charge in [0.1, 0.15) is 0 Å². The first-order valence-corrected chi connectivity index (χ1v) is 4.70. The van der Waals surface area contributed by atoms with Crippen LogP contribution in [0.25, 0.3) is 0 Å². The molecule has 0 saturated carbocycles. The second kappa shape index (κ2) is 4.79. The zero-order chi connectivity index (χ0) is 11.4. The number of hydrogen-bond acceptors (Lipinski definition) is 5. The van der Waals surface area contributed by atoms with Crippen LogP contribution in [0.15, 0.2) is 0 Å². The molecule has 1 unspecified atom stereocenters. The van der Waals surface area contributed by atoms with Crippen molar-refractivity contribution in [3.63, 3.8) is 0 Å². The summed E-state index contributed by atoms with van der Waals surface area (Å²) in [5, 5.41) is 13.0. The van der Waals surface area contributed by atoms with Crippen LogP contribution in [0.2, 0.25) is 0 Å². The maximum Gasteiger partial charge on any atom is 0.249 e. The number of nitrogens with one attached hydrogen (secondary N) is 2. The molecular formula is C9H15N5O. The van der Waals surface area contributed by atoms with Gasteiger partial charge in [0.05, 0.1) is 17.4 Å². The van der Waals surface area contributed by atoms with Crippen molar-refractivity contribution in [1.82, 2.24) is 20.5 Å². The minimum absolute atomic E-state index is 0.178. The third-order valence-electron chi connectivity index (χ3n) is 2.15. The summed E-state index contributed by atoms with van der Waals surface area (Å²) in [6.07, 6.45) is 0. The molecule has 1 aromatic rings. The fourth-order valence-corrected chi connectivity index (χ4v) is 0.859. The van der Waals surface area contributed by atoms with Gasteiger partial charge in [0.2, 0.25) is 11.9 Å². The van der Waals surface area contributed by atoms with Gasteiger partial charge in [0, 0.05) is 0 Å². The summed E-state index contributed by atoms with van der Waals surface area (Å²) in [6.45, 7) is 5.39. The minimum Gasteiger partial charge on any atom is -0.309 e. The Kier molecular flexibility index (Phi) is 3.68. The molecule has 0 aliphatic carbocycles. The largest absolute Gasteiger partial charge is 0.309 e. The molecule has 1 heterocycles. The van der Waals surface area contributed by atoms with Crippen molar-refractivity contribution in [1.29, 1.82) is 0 Å². The van der Waals surface area contributed by atoms with Crippen molar-refractivity contribution >= 4 is 11.9 Å². The molecule has 1 amide bonds. The van der Waals surface area contributed by atoms with Crippen molar-refractivity contribution in [2.24, 2.45) is 0 Å². The molecule has 0 aliphatic rings. The lowest BCUT2D eigenvalue weighted by Crippen LogP contribution is -2.36. The first-order chi connectivity index (χ1) is 7.04. The zero-order valence-corrected chi connectivity index (χ0v) is 9.33. The van der Waals surface area contributed by atoms with E-state index in [1.165, 1.54) is 0 Å². The number of rotatable bonds is 3. The maximum atomic E-state index is 11.5. The highest BCUT2D eigenvalue weighted by Gasteiger charge is 2.12. The number of nitrogens with zero attached hydrogens (tertiary/aromatic N) is 3. The molecule has 0 bridgehead atoms. The topological polar surface area (TPSA) is 79.8 Å². The molecule has 0 fully saturated rings. The average molecular weight is 209 g/mol. The van der Waals surface area contributed by atoms with E-state index in [0.717, 1.165) is 11.4 Å². The van der Waals surface area contributed by atoms with Crippen molar-refractivity contribution in [2.45, 2.75) is 26.8 Å². The molecule has 1 atom stereocenters. The fourth-order valence-electron chi connectivity index (χ4n) is 0.859. The Balaban J connectivity index is 2.73. The van der Waals surface area contributed by atoms with Crippen LogP contribution < -0.4 is 10.6 Å². The fraction of sp³-hybridized carbons (Fsp3) is 0.556. The van der Waals surface area contributed by atoms with E-state index in [4.69, 9.17) is 0 Å². The van der Waals surface area contributed by atoms with E-state index >= 15 is 0 Å². The quantitative estimate of drug-likeness (QED) is 0.734. The first kappa shape index (κ1) is 11.5. The molecule has 6 heteroatoms. The number of carbonyl (C=O) groups excluding carboxylic acids is 1. The van der Waals surface area contributed by atoms with Crippen molar-refractivity contribution in [3.05, 3.63) is 11.4 Å². The number of amides is 1. The third-order valence-corrected chi connectivity index (χ3v) is 2.15. The van der Waals surface area contributed by atoms with Crippen LogP contribution in [0, 0.1) is 13.8 Å². The lowest BCUT2D eigenvalue weighted by molar-refractivity contribution is -0.117. The van der Waals surface area contributed by atoms with Crippen LogP contribution in [0.5, 0.6) is 0 Å². The van der Waals surface area contributed by atoms with Crippen LogP contribution >= 0.6 is 0 Å². The third kappa shape index (κ3) is 2.95. The number of anilines is 1. The van der Waals surface area contributed by atoms with Crippen LogP contribution in [0.3, 0.4) is 0 Å². The lowest BCUT2D eigenvalue weighted by atomic mass is 10.3. The van der Waals surface area contributed by atoms with E-state index in [1.54, 1.807) is 14.0 Å². The highest BCUT2D eigenvalue weighted by molar-refractivity contribution is 5.92. The molecule has 82 valence electrons. The van der Waals surface area contributed by atoms with Gasteiger partial charge in [-0.2, -0.15) is 5.10 Å². The number of hydrogen-bond donors (Lipinski definition) is 2. The van der Waals surface area contributed by atoms with Gasteiger partial charge in [-0.05, 0) is 27.8 Å². The summed E-state index contributed by atoms with van der Waals surface area (Å²) in [5.41, 5.74) is 1.52. The molecule has 0 aromatic carbocycles. The second-order valence-corrected chi connectivity index (χ2v) is 3.31. The van der Waals surface area contributed by atoms with Crippen LogP contribution in [0.4, 0.5) is 5.95 Å². The molecule has 1 aromatic heterocycles. The maximum absolute atomic E-state index is 11.5. The molecule has 1 rings (SSSR count). The Labute approximate surface area is 88.5 Å². The van der Waals surface area contributed by atoms with Crippen molar-refractivity contribution in [2.75, 3.05) is 12.4 Å². The van der Waals surface area contributed by atoms with Crippen molar-refractivity contribution in [3.8, 4) is 0 Å². The Morgan fingerprint density at radius 3 is 2.47 bits per heavy atom. The van der Waals surface area contributed by atoms with E-state index in [0.29, 0.717) is 0 Å². The average Bonchev–Trinajstić information content (AvgIpc) is 2.22. The molecular weight excluding hydrogens is 194 g/mol. The predicted octanol–water partition coefficient (Wildman–Crippen LogP) is 0.0348. The Bertz CT molecular complexity index is 366. The van der Waals surface area contributed by atoms with Gasteiger partial charge in [-0.1, -0.05) is 0 Å². The normalized spacial score (nSPS) is 12.3. The van der Waals surface area contributed by atoms with Gasteiger partial charge in [0.25, 0.3) is 0 Å². The van der Waals surface area contributed by atoms with E-state index in [2.05, 4.69) is 25.8 Å². The van der Waals surface area contributed by atoms with Crippen LogP contribution in [0.1, 0.15) is 18.3 Å². The van der Waals surface area contributed by atoms with Gasteiger partial charge < -0.3 is 5.32 Å². The molecule has 2 N–H and O–H groups in total.